The molecule has 0 spiro atoms. The minimum absolute atomic E-state index is 0.241. The van der Waals surface area contributed by atoms with Crippen LogP contribution in [0.3, 0.4) is 0 Å². The summed E-state index contributed by atoms with van der Waals surface area (Å²) in [4.78, 5) is 0. The molecule has 4 aliphatic rings. The number of aryl methyl sites for hydroxylation is 2. The zero-order valence-electron chi connectivity index (χ0n) is 12.6. The number of alkyl halides is 1. The largest absolute Gasteiger partial charge is 0.117 e. The van der Waals surface area contributed by atoms with E-state index in [1.807, 2.05) is 0 Å². The molecule has 1 aromatic rings. The van der Waals surface area contributed by atoms with Crippen molar-refractivity contribution in [3.8, 4) is 0 Å². The van der Waals surface area contributed by atoms with Crippen molar-refractivity contribution in [3.05, 3.63) is 34.9 Å². The average molecular weight is 289 g/mol. The van der Waals surface area contributed by atoms with Gasteiger partial charge < -0.3 is 0 Å². The van der Waals surface area contributed by atoms with Crippen molar-refractivity contribution in [1.29, 1.82) is 0 Å². The van der Waals surface area contributed by atoms with E-state index in [1.165, 1.54) is 48.8 Å². The van der Waals surface area contributed by atoms with Gasteiger partial charge in [-0.2, -0.15) is 0 Å². The normalized spacial score (nSPS) is 40.0. The lowest BCUT2D eigenvalue weighted by molar-refractivity contribution is -0.0381. The van der Waals surface area contributed by atoms with E-state index >= 15 is 0 Å². The van der Waals surface area contributed by atoms with Crippen molar-refractivity contribution in [2.45, 2.75) is 51.3 Å². The Morgan fingerprint density at radius 3 is 2.15 bits per heavy atom. The van der Waals surface area contributed by atoms with Gasteiger partial charge in [0.2, 0.25) is 0 Å². The molecule has 0 N–H and O–H groups in total. The molecule has 4 bridgehead atoms. The summed E-state index contributed by atoms with van der Waals surface area (Å²) < 4.78 is 0. The fourth-order valence-corrected chi connectivity index (χ4v) is 6.36. The molecule has 1 heteroatoms. The Morgan fingerprint density at radius 2 is 1.55 bits per heavy atom. The predicted octanol–water partition coefficient (Wildman–Crippen LogP) is 5.66. The first-order valence-electron chi connectivity index (χ1n) is 8.33. The van der Waals surface area contributed by atoms with Crippen molar-refractivity contribution in [2.24, 2.45) is 29.6 Å². The summed E-state index contributed by atoms with van der Waals surface area (Å²) in [7, 11) is 0. The molecule has 0 aliphatic heterocycles. The molecule has 0 saturated heterocycles. The maximum atomic E-state index is 7.03. The summed E-state index contributed by atoms with van der Waals surface area (Å²) in [6.45, 7) is 4.41. The Labute approximate surface area is 127 Å². The van der Waals surface area contributed by atoms with Gasteiger partial charge in [0, 0.05) is 0 Å². The van der Waals surface area contributed by atoms with E-state index in [9.17, 15) is 0 Å². The van der Waals surface area contributed by atoms with E-state index in [0.717, 1.165) is 29.6 Å². The van der Waals surface area contributed by atoms with Gasteiger partial charge >= 0.3 is 0 Å². The van der Waals surface area contributed by atoms with Gasteiger partial charge in [-0.3, -0.25) is 0 Å². The quantitative estimate of drug-likeness (QED) is 0.616. The Hall–Kier alpha value is -0.490. The zero-order chi connectivity index (χ0) is 13.9. The Balaban J connectivity index is 1.65. The third kappa shape index (κ3) is 2.03. The highest BCUT2D eigenvalue weighted by Gasteiger charge is 2.50. The minimum atomic E-state index is 0.241. The number of hydrogen-bond acceptors (Lipinski definition) is 0. The summed E-state index contributed by atoms with van der Waals surface area (Å²) in [5.41, 5.74) is 4.13. The Morgan fingerprint density at radius 1 is 0.950 bits per heavy atom. The summed E-state index contributed by atoms with van der Waals surface area (Å²) in [5.74, 6) is 4.64. The Kier molecular flexibility index (Phi) is 3.14. The third-order valence-corrected chi connectivity index (χ3v) is 6.90. The predicted molar refractivity (Wildman–Crippen MR) is 85.0 cm³/mol. The van der Waals surface area contributed by atoms with Crippen molar-refractivity contribution in [3.63, 3.8) is 0 Å². The van der Waals surface area contributed by atoms with E-state index in [1.54, 1.807) is 0 Å². The van der Waals surface area contributed by atoms with Gasteiger partial charge in [-0.05, 0) is 86.7 Å². The van der Waals surface area contributed by atoms with E-state index in [0.29, 0.717) is 0 Å². The highest BCUT2D eigenvalue weighted by atomic mass is 35.5. The van der Waals surface area contributed by atoms with Crippen LogP contribution in [0.15, 0.2) is 18.2 Å². The maximum Gasteiger partial charge on any atom is 0.0621 e. The first-order valence-corrected chi connectivity index (χ1v) is 8.76. The summed E-state index contributed by atoms with van der Waals surface area (Å²) in [6.07, 6.45) is 7.38. The maximum absolute atomic E-state index is 7.03. The highest BCUT2D eigenvalue weighted by molar-refractivity contribution is 6.21. The van der Waals surface area contributed by atoms with Gasteiger partial charge in [-0.15, -0.1) is 11.6 Å². The van der Waals surface area contributed by atoms with Gasteiger partial charge in [0.25, 0.3) is 0 Å². The first kappa shape index (κ1) is 13.2. The molecular weight excluding hydrogens is 264 g/mol. The van der Waals surface area contributed by atoms with Gasteiger partial charge in [0.15, 0.2) is 0 Å². The molecule has 4 fully saturated rings. The molecule has 0 radical (unpaired) electrons. The topological polar surface area (TPSA) is 0 Å². The van der Waals surface area contributed by atoms with Gasteiger partial charge in [-0.25, -0.2) is 0 Å². The second kappa shape index (κ2) is 4.77. The second-order valence-corrected chi connectivity index (χ2v) is 8.24. The van der Waals surface area contributed by atoms with Crippen molar-refractivity contribution >= 4 is 11.6 Å². The lowest BCUT2D eigenvalue weighted by Crippen LogP contribution is -2.46. The standard InChI is InChI=1S/C19H25Cl/c1-11-3-4-12(2)17(5-11)19(20)18-15-7-13-6-14(9-15)10-16(18)8-13/h3-5,13-16,18-19H,6-10H2,1-2H3. The molecule has 1 atom stereocenters. The fraction of sp³-hybridized carbons (Fsp3) is 0.684. The molecule has 4 saturated carbocycles. The van der Waals surface area contributed by atoms with Crippen LogP contribution in [0.2, 0.25) is 0 Å². The Bertz CT molecular complexity index is 490. The van der Waals surface area contributed by atoms with E-state index in [4.69, 9.17) is 11.6 Å². The first-order chi connectivity index (χ1) is 9.61. The average Bonchev–Trinajstić information content (AvgIpc) is 2.40. The molecule has 0 aromatic heterocycles. The zero-order valence-corrected chi connectivity index (χ0v) is 13.4. The number of halogens is 1. The van der Waals surface area contributed by atoms with Crippen LogP contribution in [0.5, 0.6) is 0 Å². The third-order valence-electron chi connectivity index (χ3n) is 6.37. The van der Waals surface area contributed by atoms with E-state index in [2.05, 4.69) is 32.0 Å². The van der Waals surface area contributed by atoms with Crippen LogP contribution in [-0.4, -0.2) is 0 Å². The molecular formula is C19H25Cl. The smallest absolute Gasteiger partial charge is 0.0621 e. The molecule has 4 aliphatic carbocycles. The summed E-state index contributed by atoms with van der Waals surface area (Å²) in [5, 5.41) is 0.241. The van der Waals surface area contributed by atoms with Crippen LogP contribution in [0.25, 0.3) is 0 Å². The number of hydrogen-bond donors (Lipinski definition) is 0. The minimum Gasteiger partial charge on any atom is -0.117 e. The van der Waals surface area contributed by atoms with Crippen molar-refractivity contribution in [2.75, 3.05) is 0 Å². The van der Waals surface area contributed by atoms with Crippen LogP contribution in [0.1, 0.15) is 54.2 Å². The van der Waals surface area contributed by atoms with Gasteiger partial charge in [0.1, 0.15) is 0 Å². The van der Waals surface area contributed by atoms with Gasteiger partial charge in [-0.1, -0.05) is 23.8 Å². The lowest BCUT2D eigenvalue weighted by atomic mass is 9.51. The van der Waals surface area contributed by atoms with Crippen molar-refractivity contribution in [1.82, 2.24) is 0 Å². The molecule has 1 aromatic carbocycles. The van der Waals surface area contributed by atoms with Crippen molar-refractivity contribution < 1.29 is 0 Å². The number of benzene rings is 1. The molecule has 5 rings (SSSR count). The molecule has 0 amide bonds. The number of rotatable bonds is 2. The summed E-state index contributed by atoms with van der Waals surface area (Å²) >= 11 is 7.03. The molecule has 0 nitrogen and oxygen atoms in total. The van der Waals surface area contributed by atoms with E-state index in [-0.39, 0.29) is 5.38 Å². The van der Waals surface area contributed by atoms with Crippen LogP contribution in [0.4, 0.5) is 0 Å². The molecule has 0 heterocycles. The lowest BCUT2D eigenvalue weighted by Gasteiger charge is -2.55. The van der Waals surface area contributed by atoms with Crippen LogP contribution >= 0.6 is 11.6 Å². The molecule has 108 valence electrons. The van der Waals surface area contributed by atoms with Gasteiger partial charge in [0.05, 0.1) is 5.38 Å². The monoisotopic (exact) mass is 288 g/mol. The van der Waals surface area contributed by atoms with E-state index < -0.39 is 0 Å². The van der Waals surface area contributed by atoms with Crippen LogP contribution in [-0.2, 0) is 0 Å². The van der Waals surface area contributed by atoms with Crippen LogP contribution in [0, 0.1) is 43.4 Å². The van der Waals surface area contributed by atoms with Crippen LogP contribution < -0.4 is 0 Å². The summed E-state index contributed by atoms with van der Waals surface area (Å²) in [6, 6.07) is 6.79. The highest BCUT2D eigenvalue weighted by Crippen LogP contribution is 2.60. The second-order valence-electron chi connectivity index (χ2n) is 7.77. The fourth-order valence-electron chi connectivity index (χ4n) is 5.71. The SMILES string of the molecule is Cc1ccc(C)c(C(Cl)C2C3CC4CC(C3)CC2C4)c1. The molecule has 20 heavy (non-hydrogen) atoms. The molecule has 1 unspecified atom stereocenters.